The lowest BCUT2D eigenvalue weighted by molar-refractivity contribution is 0.636. The summed E-state index contributed by atoms with van der Waals surface area (Å²) in [4.78, 5) is 13.6. The Labute approximate surface area is 141 Å². The van der Waals surface area contributed by atoms with Crippen molar-refractivity contribution in [3.05, 3.63) is 47.4 Å². The van der Waals surface area contributed by atoms with E-state index in [1.165, 1.54) is 16.8 Å². The third-order valence-corrected chi connectivity index (χ3v) is 4.82. The van der Waals surface area contributed by atoms with E-state index in [1.54, 1.807) is 6.33 Å². The largest absolute Gasteiger partial charge is 0.368 e. The lowest BCUT2D eigenvalue weighted by atomic mass is 10.1. The monoisotopic (exact) mass is 322 g/mol. The number of rotatable bonds is 2. The van der Waals surface area contributed by atoms with Crippen LogP contribution in [0.2, 0.25) is 0 Å². The average Bonchev–Trinajstić information content (AvgIpc) is 3.04. The zero-order valence-corrected chi connectivity index (χ0v) is 14.4. The van der Waals surface area contributed by atoms with Crippen LogP contribution in [-0.4, -0.2) is 45.8 Å². The Morgan fingerprint density at radius 1 is 0.958 bits per heavy atom. The highest BCUT2D eigenvalue weighted by atomic mass is 15.4. The molecule has 0 saturated carbocycles. The Hall–Kier alpha value is -2.63. The van der Waals surface area contributed by atoms with E-state index < -0.39 is 0 Å². The fraction of sp³-hybridized carbons (Fsp3) is 0.389. The van der Waals surface area contributed by atoms with Gasteiger partial charge in [0, 0.05) is 43.1 Å². The van der Waals surface area contributed by atoms with E-state index in [2.05, 4.69) is 63.0 Å². The minimum atomic E-state index is 0.675. The van der Waals surface area contributed by atoms with Crippen molar-refractivity contribution in [2.45, 2.75) is 20.8 Å². The van der Waals surface area contributed by atoms with Crippen LogP contribution in [-0.2, 0) is 0 Å². The van der Waals surface area contributed by atoms with Crippen LogP contribution in [0.15, 0.2) is 30.6 Å². The predicted molar refractivity (Wildman–Crippen MR) is 95.9 cm³/mol. The van der Waals surface area contributed by atoms with E-state index in [-0.39, 0.29) is 0 Å². The second kappa shape index (κ2) is 5.78. The third-order valence-electron chi connectivity index (χ3n) is 4.82. The van der Waals surface area contributed by atoms with Gasteiger partial charge in [-0.1, -0.05) is 12.1 Å². The molecule has 1 saturated heterocycles. The van der Waals surface area contributed by atoms with Crippen LogP contribution < -0.4 is 9.80 Å². The summed E-state index contributed by atoms with van der Waals surface area (Å²) in [5.74, 6) is 1.80. The Kier molecular flexibility index (Phi) is 3.59. The molecule has 1 aliphatic heterocycles. The first-order chi connectivity index (χ1) is 11.6. The number of anilines is 2. The zero-order chi connectivity index (χ0) is 16.7. The SMILES string of the molecule is Cc1cccc(N2CCN(c3c(C)c(C)nc4ncnn34)CC2)c1. The van der Waals surface area contributed by atoms with E-state index in [4.69, 9.17) is 0 Å². The smallest absolute Gasteiger partial charge is 0.254 e. The molecular formula is C18H22N6. The molecule has 3 heterocycles. The Bertz CT molecular complexity index is 876. The van der Waals surface area contributed by atoms with Gasteiger partial charge in [-0.25, -0.2) is 4.98 Å². The summed E-state index contributed by atoms with van der Waals surface area (Å²) in [6.45, 7) is 10.2. The molecule has 124 valence electrons. The molecule has 0 aliphatic carbocycles. The highest BCUT2D eigenvalue weighted by Crippen LogP contribution is 2.25. The first-order valence-electron chi connectivity index (χ1n) is 8.37. The van der Waals surface area contributed by atoms with Crippen molar-refractivity contribution < 1.29 is 0 Å². The summed E-state index contributed by atoms with van der Waals surface area (Å²) < 4.78 is 1.87. The molecule has 0 unspecified atom stereocenters. The topological polar surface area (TPSA) is 49.6 Å². The number of fused-ring (bicyclic) bond motifs is 1. The van der Waals surface area contributed by atoms with E-state index in [0.29, 0.717) is 5.78 Å². The molecule has 3 aromatic rings. The molecule has 6 heteroatoms. The Morgan fingerprint density at radius 3 is 2.46 bits per heavy atom. The molecule has 1 fully saturated rings. The summed E-state index contributed by atoms with van der Waals surface area (Å²) in [5.41, 5.74) is 4.81. The zero-order valence-electron chi connectivity index (χ0n) is 14.4. The van der Waals surface area contributed by atoms with Crippen LogP contribution in [0.3, 0.4) is 0 Å². The van der Waals surface area contributed by atoms with Gasteiger partial charge in [0.2, 0.25) is 0 Å². The van der Waals surface area contributed by atoms with Crippen LogP contribution in [0.5, 0.6) is 0 Å². The van der Waals surface area contributed by atoms with Gasteiger partial charge < -0.3 is 9.80 Å². The lowest BCUT2D eigenvalue weighted by Crippen LogP contribution is -2.47. The first-order valence-corrected chi connectivity index (χ1v) is 8.37. The number of benzene rings is 1. The van der Waals surface area contributed by atoms with Crippen LogP contribution in [0.1, 0.15) is 16.8 Å². The summed E-state index contributed by atoms with van der Waals surface area (Å²) >= 11 is 0. The Balaban J connectivity index is 1.60. The maximum atomic E-state index is 4.52. The van der Waals surface area contributed by atoms with Crippen LogP contribution in [0.4, 0.5) is 11.5 Å². The van der Waals surface area contributed by atoms with Gasteiger partial charge in [0.05, 0.1) is 0 Å². The predicted octanol–water partition coefficient (Wildman–Crippen LogP) is 2.38. The van der Waals surface area contributed by atoms with Gasteiger partial charge in [-0.2, -0.15) is 14.6 Å². The molecule has 0 amide bonds. The highest BCUT2D eigenvalue weighted by molar-refractivity contribution is 5.56. The Morgan fingerprint density at radius 2 is 1.71 bits per heavy atom. The molecule has 0 atom stereocenters. The summed E-state index contributed by atoms with van der Waals surface area (Å²) in [5, 5.41) is 4.37. The standard InChI is InChI=1S/C18H22N6/c1-13-5-4-6-16(11-13)22-7-9-23(10-8-22)17-14(2)15(3)21-18-19-12-20-24(17)18/h4-6,11-12H,7-10H2,1-3H3. The van der Waals surface area contributed by atoms with Crippen molar-refractivity contribution >= 4 is 17.3 Å². The molecule has 1 aromatic carbocycles. The second-order valence-corrected chi connectivity index (χ2v) is 6.43. The molecule has 24 heavy (non-hydrogen) atoms. The summed E-state index contributed by atoms with van der Waals surface area (Å²) in [6, 6.07) is 8.73. The number of aromatic nitrogens is 4. The normalized spacial score (nSPS) is 15.3. The number of hydrogen-bond donors (Lipinski definition) is 0. The van der Waals surface area contributed by atoms with Gasteiger partial charge in [0.15, 0.2) is 0 Å². The number of piperazine rings is 1. The van der Waals surface area contributed by atoms with E-state index in [0.717, 1.165) is 37.7 Å². The van der Waals surface area contributed by atoms with Crippen molar-refractivity contribution in [1.82, 2.24) is 19.6 Å². The van der Waals surface area contributed by atoms with Gasteiger partial charge in [0.25, 0.3) is 5.78 Å². The maximum Gasteiger partial charge on any atom is 0.254 e. The fourth-order valence-corrected chi connectivity index (χ4v) is 3.39. The van der Waals surface area contributed by atoms with Crippen molar-refractivity contribution in [3.63, 3.8) is 0 Å². The fourth-order valence-electron chi connectivity index (χ4n) is 3.39. The molecule has 0 N–H and O–H groups in total. The van der Waals surface area contributed by atoms with Crippen LogP contribution in [0, 0.1) is 20.8 Å². The molecule has 0 spiro atoms. The quantitative estimate of drug-likeness (QED) is 0.725. The van der Waals surface area contributed by atoms with Crippen molar-refractivity contribution in [3.8, 4) is 0 Å². The molecule has 1 aliphatic rings. The van der Waals surface area contributed by atoms with Gasteiger partial charge in [0.1, 0.15) is 12.1 Å². The van der Waals surface area contributed by atoms with Crippen molar-refractivity contribution in [1.29, 1.82) is 0 Å². The number of hydrogen-bond acceptors (Lipinski definition) is 5. The van der Waals surface area contributed by atoms with E-state index in [1.807, 2.05) is 11.4 Å². The van der Waals surface area contributed by atoms with Gasteiger partial charge in [-0.3, -0.25) is 0 Å². The minimum Gasteiger partial charge on any atom is -0.368 e. The highest BCUT2D eigenvalue weighted by Gasteiger charge is 2.22. The lowest BCUT2D eigenvalue weighted by Gasteiger charge is -2.38. The molecule has 0 bridgehead atoms. The number of aryl methyl sites for hydroxylation is 2. The molecule has 2 aromatic heterocycles. The molecule has 0 radical (unpaired) electrons. The van der Waals surface area contributed by atoms with E-state index >= 15 is 0 Å². The van der Waals surface area contributed by atoms with Gasteiger partial charge >= 0.3 is 0 Å². The second-order valence-electron chi connectivity index (χ2n) is 6.43. The van der Waals surface area contributed by atoms with Crippen molar-refractivity contribution in [2.24, 2.45) is 0 Å². The molecule has 6 nitrogen and oxygen atoms in total. The van der Waals surface area contributed by atoms with Gasteiger partial charge in [-0.15, -0.1) is 0 Å². The third kappa shape index (κ3) is 2.48. The van der Waals surface area contributed by atoms with Crippen LogP contribution >= 0.6 is 0 Å². The van der Waals surface area contributed by atoms with Gasteiger partial charge in [-0.05, 0) is 38.5 Å². The summed E-state index contributed by atoms with van der Waals surface area (Å²) in [6.07, 6.45) is 1.58. The molecule has 4 rings (SSSR count). The average molecular weight is 322 g/mol. The minimum absolute atomic E-state index is 0.675. The summed E-state index contributed by atoms with van der Waals surface area (Å²) in [7, 11) is 0. The first kappa shape index (κ1) is 14.9. The van der Waals surface area contributed by atoms with Crippen LogP contribution in [0.25, 0.3) is 5.78 Å². The maximum absolute atomic E-state index is 4.52. The van der Waals surface area contributed by atoms with Crippen molar-refractivity contribution in [2.75, 3.05) is 36.0 Å². The number of nitrogens with zero attached hydrogens (tertiary/aromatic N) is 6. The van der Waals surface area contributed by atoms with E-state index in [9.17, 15) is 0 Å². The molecular weight excluding hydrogens is 300 g/mol.